The Kier molecular flexibility index (Phi) is 5.96. The normalized spacial score (nSPS) is 23.5. The maximum atomic E-state index is 13.9. The van der Waals surface area contributed by atoms with Crippen LogP contribution < -0.4 is 0 Å². The summed E-state index contributed by atoms with van der Waals surface area (Å²) in [6.45, 7) is 2.74. The predicted molar refractivity (Wildman–Crippen MR) is 96.5 cm³/mol. The van der Waals surface area contributed by atoms with Crippen LogP contribution in [0.4, 0.5) is 8.78 Å². The summed E-state index contributed by atoms with van der Waals surface area (Å²) < 4.78 is 26.9. The number of carbonyl (C=O) groups is 3. The molecule has 3 rings (SSSR count). The van der Waals surface area contributed by atoms with E-state index in [2.05, 4.69) is 0 Å². The Hall–Kier alpha value is -2.51. The molecular formula is C20H24F2N2O4. The van der Waals surface area contributed by atoms with Gasteiger partial charge < -0.3 is 14.9 Å². The van der Waals surface area contributed by atoms with Gasteiger partial charge in [-0.05, 0) is 44.7 Å². The van der Waals surface area contributed by atoms with Crippen LogP contribution in [0.1, 0.15) is 43.0 Å². The lowest BCUT2D eigenvalue weighted by Crippen LogP contribution is -2.51. The monoisotopic (exact) mass is 394 g/mol. The molecule has 2 saturated heterocycles. The maximum Gasteiger partial charge on any atom is 0.308 e. The highest BCUT2D eigenvalue weighted by molar-refractivity contribution is 5.94. The zero-order chi connectivity index (χ0) is 20.4. The number of aliphatic carboxylic acids is 1. The molecule has 2 amide bonds. The molecule has 28 heavy (non-hydrogen) atoms. The fourth-order valence-corrected chi connectivity index (χ4v) is 4.01. The molecule has 6 nitrogen and oxygen atoms in total. The molecule has 2 atom stereocenters. The first-order valence-electron chi connectivity index (χ1n) is 9.55. The van der Waals surface area contributed by atoms with Gasteiger partial charge in [-0.3, -0.25) is 14.4 Å². The van der Waals surface area contributed by atoms with E-state index >= 15 is 0 Å². The van der Waals surface area contributed by atoms with E-state index in [1.54, 1.807) is 4.90 Å². The molecule has 2 fully saturated rings. The van der Waals surface area contributed by atoms with E-state index in [1.165, 1.54) is 4.90 Å². The number of rotatable bonds is 3. The Morgan fingerprint density at radius 3 is 2.32 bits per heavy atom. The van der Waals surface area contributed by atoms with Gasteiger partial charge in [0.2, 0.25) is 5.91 Å². The average Bonchev–Trinajstić information content (AvgIpc) is 2.67. The van der Waals surface area contributed by atoms with Crippen molar-refractivity contribution >= 4 is 17.8 Å². The number of nitrogens with zero attached hydrogens (tertiary/aromatic N) is 2. The SMILES string of the molecule is CC1CCC(C(=O)O)CN1C(=O)C1CCN(C(=O)c2ccc(F)cc2F)CC1. The van der Waals surface area contributed by atoms with Gasteiger partial charge in [0.15, 0.2) is 0 Å². The molecule has 0 saturated carbocycles. The number of piperidine rings is 2. The number of carboxylic acid groups (broad SMARTS) is 1. The van der Waals surface area contributed by atoms with Crippen molar-refractivity contribution in [3.8, 4) is 0 Å². The van der Waals surface area contributed by atoms with Crippen molar-refractivity contribution in [3.63, 3.8) is 0 Å². The minimum Gasteiger partial charge on any atom is -0.481 e. The topological polar surface area (TPSA) is 77.9 Å². The summed E-state index contributed by atoms with van der Waals surface area (Å²) in [6, 6.07) is 2.85. The Labute approximate surface area is 162 Å². The molecule has 0 bridgehead atoms. The largest absolute Gasteiger partial charge is 0.481 e. The molecule has 0 aromatic heterocycles. The van der Waals surface area contributed by atoms with Crippen LogP contribution in [0.25, 0.3) is 0 Å². The first-order valence-corrected chi connectivity index (χ1v) is 9.55. The standard InChI is InChI=1S/C20H24F2N2O4/c1-12-2-3-14(20(27)28)11-24(12)18(25)13-6-8-23(9-7-13)19(26)16-5-4-15(21)10-17(16)22/h4-5,10,12-14H,2-3,6-9,11H2,1H3,(H,27,28). The highest BCUT2D eigenvalue weighted by atomic mass is 19.1. The fraction of sp³-hybridized carbons (Fsp3) is 0.550. The summed E-state index contributed by atoms with van der Waals surface area (Å²) in [4.78, 5) is 39.8. The van der Waals surface area contributed by atoms with Gasteiger partial charge in [0.1, 0.15) is 11.6 Å². The molecular weight excluding hydrogens is 370 g/mol. The molecule has 1 aromatic rings. The van der Waals surface area contributed by atoms with Crippen molar-refractivity contribution in [1.82, 2.24) is 9.80 Å². The van der Waals surface area contributed by atoms with E-state index in [0.29, 0.717) is 44.8 Å². The van der Waals surface area contributed by atoms with Gasteiger partial charge in [0.05, 0.1) is 11.5 Å². The highest BCUT2D eigenvalue weighted by Gasteiger charge is 2.37. The second kappa shape index (κ2) is 8.24. The summed E-state index contributed by atoms with van der Waals surface area (Å²) in [6.07, 6.45) is 2.10. The summed E-state index contributed by atoms with van der Waals surface area (Å²) in [7, 11) is 0. The van der Waals surface area contributed by atoms with Gasteiger partial charge in [-0.25, -0.2) is 8.78 Å². The number of hydrogen-bond donors (Lipinski definition) is 1. The molecule has 0 spiro atoms. The van der Waals surface area contributed by atoms with Crippen molar-refractivity contribution in [2.24, 2.45) is 11.8 Å². The van der Waals surface area contributed by atoms with E-state index in [4.69, 9.17) is 0 Å². The number of amides is 2. The zero-order valence-corrected chi connectivity index (χ0v) is 15.7. The summed E-state index contributed by atoms with van der Waals surface area (Å²) in [5, 5.41) is 9.24. The minimum atomic E-state index is -0.898. The van der Waals surface area contributed by atoms with Crippen LogP contribution in [0.5, 0.6) is 0 Å². The molecule has 2 aliphatic heterocycles. The van der Waals surface area contributed by atoms with E-state index in [1.807, 2.05) is 6.92 Å². The Balaban J connectivity index is 1.60. The first-order chi connectivity index (χ1) is 13.3. The Morgan fingerprint density at radius 1 is 1.04 bits per heavy atom. The van der Waals surface area contributed by atoms with Gasteiger partial charge in [-0.1, -0.05) is 0 Å². The smallest absolute Gasteiger partial charge is 0.308 e. The molecule has 152 valence electrons. The molecule has 1 aromatic carbocycles. The third-order valence-electron chi connectivity index (χ3n) is 5.81. The van der Waals surface area contributed by atoms with E-state index in [-0.39, 0.29) is 30.0 Å². The molecule has 2 unspecified atom stereocenters. The first kappa shape index (κ1) is 20.2. The average molecular weight is 394 g/mol. The molecule has 1 N–H and O–H groups in total. The quantitative estimate of drug-likeness (QED) is 0.855. The third-order valence-corrected chi connectivity index (χ3v) is 5.81. The van der Waals surface area contributed by atoms with Gasteiger partial charge >= 0.3 is 5.97 Å². The summed E-state index contributed by atoms with van der Waals surface area (Å²) in [5.41, 5.74) is -0.180. The number of halogens is 2. The lowest BCUT2D eigenvalue weighted by atomic mass is 9.89. The van der Waals surface area contributed by atoms with E-state index in [0.717, 1.165) is 12.1 Å². The van der Waals surface area contributed by atoms with Crippen molar-refractivity contribution in [2.75, 3.05) is 19.6 Å². The van der Waals surface area contributed by atoms with Crippen LogP contribution >= 0.6 is 0 Å². The second-order valence-corrected chi connectivity index (χ2v) is 7.64. The molecule has 0 aliphatic carbocycles. The molecule has 0 radical (unpaired) electrons. The molecule has 2 aliphatic rings. The second-order valence-electron chi connectivity index (χ2n) is 7.64. The van der Waals surface area contributed by atoms with Crippen LogP contribution in [0.2, 0.25) is 0 Å². The molecule has 2 heterocycles. The third kappa shape index (κ3) is 4.15. The number of carbonyl (C=O) groups excluding carboxylic acids is 2. The lowest BCUT2D eigenvalue weighted by molar-refractivity contribution is -0.149. The number of hydrogen-bond acceptors (Lipinski definition) is 3. The lowest BCUT2D eigenvalue weighted by Gasteiger charge is -2.40. The van der Waals surface area contributed by atoms with Gasteiger partial charge in [-0.2, -0.15) is 0 Å². The van der Waals surface area contributed by atoms with E-state index < -0.39 is 29.4 Å². The number of benzene rings is 1. The van der Waals surface area contributed by atoms with Crippen LogP contribution in [-0.4, -0.2) is 58.4 Å². The van der Waals surface area contributed by atoms with Crippen molar-refractivity contribution < 1.29 is 28.3 Å². The highest BCUT2D eigenvalue weighted by Crippen LogP contribution is 2.28. The van der Waals surface area contributed by atoms with Crippen LogP contribution in [-0.2, 0) is 9.59 Å². The number of likely N-dealkylation sites (tertiary alicyclic amines) is 2. The number of carboxylic acids is 1. The predicted octanol–water partition coefficient (Wildman–Crippen LogP) is 2.53. The van der Waals surface area contributed by atoms with E-state index in [9.17, 15) is 28.3 Å². The maximum absolute atomic E-state index is 13.9. The minimum absolute atomic E-state index is 0.00364. The van der Waals surface area contributed by atoms with Gasteiger partial charge in [0, 0.05) is 37.7 Å². The van der Waals surface area contributed by atoms with Crippen molar-refractivity contribution in [2.45, 2.75) is 38.6 Å². The summed E-state index contributed by atoms with van der Waals surface area (Å²) >= 11 is 0. The Bertz CT molecular complexity index is 777. The zero-order valence-electron chi connectivity index (χ0n) is 15.7. The van der Waals surface area contributed by atoms with Crippen molar-refractivity contribution in [3.05, 3.63) is 35.4 Å². The molecule has 8 heteroatoms. The van der Waals surface area contributed by atoms with Crippen molar-refractivity contribution in [1.29, 1.82) is 0 Å². The van der Waals surface area contributed by atoms with Crippen LogP contribution in [0.3, 0.4) is 0 Å². The van der Waals surface area contributed by atoms with Gasteiger partial charge in [0.25, 0.3) is 5.91 Å². The Morgan fingerprint density at radius 2 is 1.71 bits per heavy atom. The van der Waals surface area contributed by atoms with Gasteiger partial charge in [-0.15, -0.1) is 0 Å². The summed E-state index contributed by atoms with van der Waals surface area (Å²) in [5.74, 6) is -3.93. The van der Waals surface area contributed by atoms with Crippen LogP contribution in [0, 0.1) is 23.5 Å². The fourth-order valence-electron chi connectivity index (χ4n) is 4.01. The van der Waals surface area contributed by atoms with Crippen LogP contribution in [0.15, 0.2) is 18.2 Å².